The fourth-order valence-corrected chi connectivity index (χ4v) is 3.30. The van der Waals surface area contributed by atoms with Crippen molar-refractivity contribution in [1.82, 2.24) is 0 Å². The topological polar surface area (TPSA) is 65.3 Å². The van der Waals surface area contributed by atoms with Crippen molar-refractivity contribution >= 4 is 34.8 Å². The largest absolute Gasteiger partial charge is 0.271 e. The van der Waals surface area contributed by atoms with Gasteiger partial charge >= 0.3 is 0 Å². The lowest BCUT2D eigenvalue weighted by Crippen LogP contribution is -2.40. The van der Waals surface area contributed by atoms with E-state index in [0.29, 0.717) is 10.7 Å². The van der Waals surface area contributed by atoms with Crippen molar-refractivity contribution in [3.63, 3.8) is 0 Å². The highest BCUT2D eigenvalue weighted by molar-refractivity contribution is 6.31. The summed E-state index contributed by atoms with van der Waals surface area (Å²) in [6.45, 7) is 4.00. The van der Waals surface area contributed by atoms with Crippen molar-refractivity contribution in [2.75, 3.05) is 9.91 Å². The van der Waals surface area contributed by atoms with Crippen LogP contribution in [0.15, 0.2) is 52.8 Å². The second kappa shape index (κ2) is 5.67. The minimum atomic E-state index is -0.826. The molecule has 2 aromatic carbocycles. The van der Waals surface area contributed by atoms with Crippen LogP contribution in [0.5, 0.6) is 0 Å². The van der Waals surface area contributed by atoms with Gasteiger partial charge in [-0.15, -0.1) is 0 Å². The van der Waals surface area contributed by atoms with E-state index in [2.05, 4.69) is 10.3 Å². The van der Waals surface area contributed by atoms with E-state index >= 15 is 0 Å². The molecule has 2 heterocycles. The molecule has 0 saturated carbocycles. The number of anilines is 2. The molecule has 2 aliphatic heterocycles. The third-order valence-electron chi connectivity index (χ3n) is 4.60. The van der Waals surface area contributed by atoms with Crippen LogP contribution in [-0.4, -0.2) is 23.9 Å². The number of hydrogen-bond donors (Lipinski definition) is 0. The normalized spacial score (nSPS) is 22.0. The molecule has 0 aromatic heterocycles. The summed E-state index contributed by atoms with van der Waals surface area (Å²) in [5.41, 5.74) is 3.42. The third-order valence-corrected chi connectivity index (χ3v) is 4.84. The first kappa shape index (κ1) is 15.8. The predicted molar refractivity (Wildman–Crippen MR) is 94.8 cm³/mol. The lowest BCUT2D eigenvalue weighted by molar-refractivity contribution is -0.121. The van der Waals surface area contributed by atoms with Gasteiger partial charge in [-0.05, 0) is 55.3 Å². The average molecular weight is 355 g/mol. The van der Waals surface area contributed by atoms with Gasteiger partial charge in [-0.25, -0.2) is 9.91 Å². The Labute approximate surface area is 149 Å². The van der Waals surface area contributed by atoms with Gasteiger partial charge in [0.15, 0.2) is 12.1 Å². The Morgan fingerprint density at radius 2 is 1.76 bits per heavy atom. The molecule has 2 aliphatic rings. The first-order valence-corrected chi connectivity index (χ1v) is 8.26. The zero-order chi connectivity index (χ0) is 17.7. The lowest BCUT2D eigenvalue weighted by Gasteiger charge is -2.21. The SMILES string of the molecule is Cc1ccc(N2N=N[C@H]3C(=O)N(c4cccc(Cl)c4)C(=O)[C@H]32)cc1C. The molecule has 4 rings (SSSR count). The third kappa shape index (κ3) is 2.41. The van der Waals surface area contributed by atoms with Gasteiger partial charge in [-0.3, -0.25) is 9.59 Å². The summed E-state index contributed by atoms with van der Waals surface area (Å²) in [6.07, 6.45) is 0. The molecule has 126 valence electrons. The van der Waals surface area contributed by atoms with Crippen LogP contribution < -0.4 is 9.91 Å². The molecule has 2 atom stereocenters. The summed E-state index contributed by atoms with van der Waals surface area (Å²) >= 11 is 5.99. The predicted octanol–water partition coefficient (Wildman–Crippen LogP) is 3.45. The van der Waals surface area contributed by atoms with E-state index in [1.807, 2.05) is 32.0 Å². The molecule has 0 bridgehead atoms. The quantitative estimate of drug-likeness (QED) is 0.776. The van der Waals surface area contributed by atoms with Crippen molar-refractivity contribution in [2.45, 2.75) is 25.9 Å². The van der Waals surface area contributed by atoms with Gasteiger partial charge in [0.1, 0.15) is 0 Å². The molecule has 0 spiro atoms. The summed E-state index contributed by atoms with van der Waals surface area (Å²) < 4.78 is 0. The summed E-state index contributed by atoms with van der Waals surface area (Å²) in [6, 6.07) is 10.9. The van der Waals surface area contributed by atoms with Crippen molar-refractivity contribution < 1.29 is 9.59 Å². The molecule has 0 N–H and O–H groups in total. The maximum absolute atomic E-state index is 12.9. The van der Waals surface area contributed by atoms with Gasteiger partial charge in [0, 0.05) is 5.02 Å². The van der Waals surface area contributed by atoms with Crippen LogP contribution in [0.1, 0.15) is 11.1 Å². The highest BCUT2D eigenvalue weighted by atomic mass is 35.5. The first-order chi connectivity index (χ1) is 12.0. The van der Waals surface area contributed by atoms with Crippen LogP contribution in [0.3, 0.4) is 0 Å². The number of carbonyl (C=O) groups excluding carboxylic acids is 2. The molecule has 0 unspecified atom stereocenters. The summed E-state index contributed by atoms with van der Waals surface area (Å²) in [4.78, 5) is 26.8. The Hall–Kier alpha value is -2.73. The van der Waals surface area contributed by atoms with E-state index in [4.69, 9.17) is 11.6 Å². The number of benzene rings is 2. The zero-order valence-electron chi connectivity index (χ0n) is 13.7. The molecule has 0 aliphatic carbocycles. The van der Waals surface area contributed by atoms with Crippen LogP contribution in [0, 0.1) is 13.8 Å². The van der Waals surface area contributed by atoms with Gasteiger partial charge in [0.2, 0.25) is 0 Å². The molecule has 6 nitrogen and oxygen atoms in total. The number of imide groups is 1. The Bertz CT molecular complexity index is 927. The maximum atomic E-state index is 12.9. The van der Waals surface area contributed by atoms with Crippen molar-refractivity contribution in [1.29, 1.82) is 0 Å². The number of nitrogens with zero attached hydrogens (tertiary/aromatic N) is 4. The number of rotatable bonds is 2. The number of amides is 2. The van der Waals surface area contributed by atoms with Crippen LogP contribution in [0.2, 0.25) is 5.02 Å². The maximum Gasteiger partial charge on any atom is 0.263 e. The minimum Gasteiger partial charge on any atom is -0.271 e. The van der Waals surface area contributed by atoms with Crippen LogP contribution in [-0.2, 0) is 9.59 Å². The van der Waals surface area contributed by atoms with Crippen molar-refractivity contribution in [3.05, 3.63) is 58.6 Å². The lowest BCUT2D eigenvalue weighted by atomic mass is 10.1. The van der Waals surface area contributed by atoms with E-state index in [1.165, 1.54) is 5.01 Å². The fraction of sp³-hybridized carbons (Fsp3) is 0.222. The minimum absolute atomic E-state index is 0.347. The molecule has 1 saturated heterocycles. The van der Waals surface area contributed by atoms with Gasteiger partial charge in [-0.1, -0.05) is 29.0 Å². The Morgan fingerprint density at radius 3 is 2.48 bits per heavy atom. The molecule has 0 radical (unpaired) electrons. The smallest absolute Gasteiger partial charge is 0.263 e. The monoisotopic (exact) mass is 354 g/mol. The molecular formula is C18H15ClN4O2. The van der Waals surface area contributed by atoms with Crippen LogP contribution >= 0.6 is 11.6 Å². The number of carbonyl (C=O) groups is 2. The Kier molecular flexibility index (Phi) is 3.58. The molecule has 1 fully saturated rings. The van der Waals surface area contributed by atoms with Gasteiger partial charge in [-0.2, -0.15) is 5.11 Å². The molecular weight excluding hydrogens is 340 g/mol. The van der Waals surface area contributed by atoms with E-state index in [-0.39, 0.29) is 11.8 Å². The Morgan fingerprint density at radius 1 is 0.960 bits per heavy atom. The number of hydrogen-bond acceptors (Lipinski definition) is 5. The number of halogens is 1. The second-order valence-electron chi connectivity index (χ2n) is 6.20. The van der Waals surface area contributed by atoms with Crippen LogP contribution in [0.4, 0.5) is 11.4 Å². The number of aryl methyl sites for hydroxylation is 2. The molecule has 25 heavy (non-hydrogen) atoms. The van der Waals surface area contributed by atoms with Gasteiger partial charge in [0.25, 0.3) is 11.8 Å². The van der Waals surface area contributed by atoms with E-state index in [0.717, 1.165) is 21.7 Å². The first-order valence-electron chi connectivity index (χ1n) is 7.88. The van der Waals surface area contributed by atoms with Crippen LogP contribution in [0.25, 0.3) is 0 Å². The molecule has 2 aromatic rings. The summed E-state index contributed by atoms with van der Waals surface area (Å²) in [5, 5.41) is 10.1. The fourth-order valence-electron chi connectivity index (χ4n) is 3.11. The number of fused-ring (bicyclic) bond motifs is 1. The van der Waals surface area contributed by atoms with E-state index < -0.39 is 12.1 Å². The van der Waals surface area contributed by atoms with Crippen molar-refractivity contribution in [2.24, 2.45) is 10.3 Å². The molecule has 7 heteroatoms. The second-order valence-corrected chi connectivity index (χ2v) is 6.64. The summed E-state index contributed by atoms with van der Waals surface area (Å²) in [7, 11) is 0. The zero-order valence-corrected chi connectivity index (χ0v) is 14.4. The standard InChI is InChI=1S/C18H15ClN4O2/c1-10-6-7-14(8-11(10)2)23-16-15(20-21-23)17(24)22(18(16)25)13-5-3-4-12(19)9-13/h3-9,15-16H,1-2H3/t15-,16+/m1/s1. The van der Waals surface area contributed by atoms with Gasteiger partial charge in [0.05, 0.1) is 11.4 Å². The molecule has 2 amide bonds. The highest BCUT2D eigenvalue weighted by Crippen LogP contribution is 2.35. The Balaban J connectivity index is 1.71. The van der Waals surface area contributed by atoms with E-state index in [1.54, 1.807) is 24.3 Å². The van der Waals surface area contributed by atoms with Crippen molar-refractivity contribution in [3.8, 4) is 0 Å². The average Bonchev–Trinajstić information content (AvgIpc) is 3.11. The summed E-state index contributed by atoms with van der Waals surface area (Å²) in [5.74, 6) is -0.729. The highest BCUT2D eigenvalue weighted by Gasteiger charge is 2.55. The van der Waals surface area contributed by atoms with Gasteiger partial charge < -0.3 is 0 Å². The van der Waals surface area contributed by atoms with E-state index in [9.17, 15) is 9.59 Å².